The van der Waals surface area contributed by atoms with Gasteiger partial charge in [-0.1, -0.05) is 0 Å². The summed E-state index contributed by atoms with van der Waals surface area (Å²) >= 11 is 0. The second-order valence-electron chi connectivity index (χ2n) is 3.71. The minimum atomic E-state index is -4.48. The maximum atomic E-state index is 12.6. The van der Waals surface area contributed by atoms with Crippen molar-refractivity contribution in [2.24, 2.45) is 5.41 Å². The molecule has 1 amide bonds. The van der Waals surface area contributed by atoms with E-state index >= 15 is 0 Å². The molecule has 4 nitrogen and oxygen atoms in total. The first-order valence-electron chi connectivity index (χ1n) is 4.48. The fourth-order valence-electron chi connectivity index (χ4n) is 1.66. The molecule has 0 radical (unpaired) electrons. The number of aliphatic hydroxyl groups is 1. The molecule has 1 heterocycles. The van der Waals surface area contributed by atoms with E-state index in [1.807, 2.05) is 0 Å². The average molecular weight is 227 g/mol. The second-order valence-corrected chi connectivity index (χ2v) is 3.71. The van der Waals surface area contributed by atoms with Gasteiger partial charge in [0, 0.05) is 13.1 Å². The summed E-state index contributed by atoms with van der Waals surface area (Å²) in [7, 11) is 0. The highest BCUT2D eigenvalue weighted by atomic mass is 19.4. The first-order valence-corrected chi connectivity index (χ1v) is 4.48. The van der Waals surface area contributed by atoms with Crippen LogP contribution >= 0.6 is 0 Å². The van der Waals surface area contributed by atoms with Crippen LogP contribution in [-0.4, -0.2) is 47.1 Å². The molecule has 1 saturated heterocycles. The van der Waals surface area contributed by atoms with Gasteiger partial charge in [0.1, 0.15) is 0 Å². The van der Waals surface area contributed by atoms with Gasteiger partial charge in [0.05, 0.1) is 12.0 Å². The van der Waals surface area contributed by atoms with Crippen LogP contribution in [0, 0.1) is 5.41 Å². The van der Waals surface area contributed by atoms with Gasteiger partial charge in [0.2, 0.25) is 0 Å². The van der Waals surface area contributed by atoms with Crippen LogP contribution in [0.5, 0.6) is 0 Å². The van der Waals surface area contributed by atoms with Crippen LogP contribution in [0.2, 0.25) is 0 Å². The van der Waals surface area contributed by atoms with Gasteiger partial charge >= 0.3 is 12.3 Å². The molecule has 15 heavy (non-hydrogen) atoms. The fourth-order valence-corrected chi connectivity index (χ4v) is 1.66. The summed E-state index contributed by atoms with van der Waals surface area (Å²) in [5.41, 5.74) is -2.13. The van der Waals surface area contributed by atoms with Crippen LogP contribution in [0.1, 0.15) is 12.8 Å². The molecule has 0 saturated carbocycles. The predicted molar refractivity (Wildman–Crippen MR) is 44.4 cm³/mol. The highest BCUT2D eigenvalue weighted by molar-refractivity contribution is 5.65. The molecule has 88 valence electrons. The highest BCUT2D eigenvalue weighted by Gasteiger charge is 2.55. The van der Waals surface area contributed by atoms with Crippen molar-refractivity contribution in [1.82, 2.24) is 4.90 Å². The van der Waals surface area contributed by atoms with Crippen molar-refractivity contribution in [1.29, 1.82) is 0 Å². The van der Waals surface area contributed by atoms with E-state index in [9.17, 15) is 18.0 Å². The summed E-state index contributed by atoms with van der Waals surface area (Å²) in [6.07, 6.45) is -6.45. The molecule has 0 aromatic heterocycles. The van der Waals surface area contributed by atoms with Gasteiger partial charge in [-0.3, -0.25) is 0 Å². The Labute approximate surface area is 84.3 Å². The van der Waals surface area contributed by atoms with Gasteiger partial charge in [0.15, 0.2) is 0 Å². The van der Waals surface area contributed by atoms with E-state index in [1.54, 1.807) is 0 Å². The molecule has 0 aromatic carbocycles. The lowest BCUT2D eigenvalue weighted by atomic mass is 9.78. The van der Waals surface area contributed by atoms with Crippen molar-refractivity contribution in [3.63, 3.8) is 0 Å². The van der Waals surface area contributed by atoms with Crippen molar-refractivity contribution in [3.05, 3.63) is 0 Å². The summed E-state index contributed by atoms with van der Waals surface area (Å²) in [4.78, 5) is 11.4. The number of hydrogen-bond donors (Lipinski definition) is 2. The molecule has 2 N–H and O–H groups in total. The Bertz CT molecular complexity index is 246. The lowest BCUT2D eigenvalue weighted by Gasteiger charge is -2.40. The number of nitrogens with zero attached hydrogens (tertiary/aromatic N) is 1. The van der Waals surface area contributed by atoms with E-state index < -0.39 is 24.3 Å². The molecule has 0 aromatic rings. The summed E-state index contributed by atoms with van der Waals surface area (Å²) in [6, 6.07) is 0. The number of alkyl halides is 3. The SMILES string of the molecule is O=C(O)N1CCC(CO)(C(F)(F)F)CC1. The van der Waals surface area contributed by atoms with E-state index in [0.717, 1.165) is 4.90 Å². The molecule has 0 unspecified atom stereocenters. The van der Waals surface area contributed by atoms with Crippen molar-refractivity contribution < 1.29 is 28.2 Å². The van der Waals surface area contributed by atoms with Gasteiger partial charge in [-0.05, 0) is 12.8 Å². The monoisotopic (exact) mass is 227 g/mol. The maximum absolute atomic E-state index is 12.6. The number of rotatable bonds is 1. The molecule has 0 spiro atoms. The Morgan fingerprint density at radius 3 is 2.07 bits per heavy atom. The minimum Gasteiger partial charge on any atom is -0.465 e. The average Bonchev–Trinajstić information content (AvgIpc) is 2.16. The lowest BCUT2D eigenvalue weighted by Crippen LogP contribution is -2.51. The Kier molecular flexibility index (Phi) is 3.13. The molecule has 0 aliphatic carbocycles. The van der Waals surface area contributed by atoms with E-state index in [-0.39, 0.29) is 25.9 Å². The third-order valence-corrected chi connectivity index (χ3v) is 2.90. The van der Waals surface area contributed by atoms with Crippen molar-refractivity contribution in [3.8, 4) is 0 Å². The van der Waals surface area contributed by atoms with E-state index in [0.29, 0.717) is 0 Å². The van der Waals surface area contributed by atoms with Gasteiger partial charge in [-0.15, -0.1) is 0 Å². The Morgan fingerprint density at radius 1 is 1.33 bits per heavy atom. The number of likely N-dealkylation sites (tertiary alicyclic amines) is 1. The van der Waals surface area contributed by atoms with Gasteiger partial charge < -0.3 is 15.1 Å². The van der Waals surface area contributed by atoms with Crippen LogP contribution in [0.15, 0.2) is 0 Å². The summed E-state index contributed by atoms with van der Waals surface area (Å²) < 4.78 is 37.8. The first-order chi connectivity index (χ1) is 6.82. The van der Waals surface area contributed by atoms with Crippen LogP contribution in [-0.2, 0) is 0 Å². The normalized spacial score (nSPS) is 21.5. The molecule has 7 heteroatoms. The molecular formula is C8H12F3NO3. The first kappa shape index (κ1) is 12.1. The van der Waals surface area contributed by atoms with Crippen molar-refractivity contribution in [2.45, 2.75) is 19.0 Å². The van der Waals surface area contributed by atoms with E-state index in [1.165, 1.54) is 0 Å². The van der Waals surface area contributed by atoms with Crippen LogP contribution in [0.3, 0.4) is 0 Å². The predicted octanol–water partition coefficient (Wildman–Crippen LogP) is 1.30. The second kappa shape index (κ2) is 3.88. The quantitative estimate of drug-likeness (QED) is 0.709. The highest BCUT2D eigenvalue weighted by Crippen LogP contribution is 2.45. The zero-order valence-electron chi connectivity index (χ0n) is 7.92. The number of piperidine rings is 1. The third-order valence-electron chi connectivity index (χ3n) is 2.90. The number of halogens is 3. The van der Waals surface area contributed by atoms with Crippen LogP contribution < -0.4 is 0 Å². The molecular weight excluding hydrogens is 215 g/mol. The largest absolute Gasteiger partial charge is 0.465 e. The number of amides is 1. The fraction of sp³-hybridized carbons (Fsp3) is 0.875. The molecule has 1 aliphatic heterocycles. The number of carbonyl (C=O) groups is 1. The van der Waals surface area contributed by atoms with Crippen LogP contribution in [0.4, 0.5) is 18.0 Å². The Morgan fingerprint density at radius 2 is 1.80 bits per heavy atom. The smallest absolute Gasteiger partial charge is 0.407 e. The summed E-state index contributed by atoms with van der Waals surface area (Å²) in [6.45, 7) is -1.35. The third kappa shape index (κ3) is 2.17. The Balaban J connectivity index is 2.71. The topological polar surface area (TPSA) is 60.8 Å². The van der Waals surface area contributed by atoms with Crippen molar-refractivity contribution in [2.75, 3.05) is 19.7 Å². The van der Waals surface area contributed by atoms with Crippen molar-refractivity contribution >= 4 is 6.09 Å². The number of carboxylic acid groups (broad SMARTS) is 1. The zero-order chi connectivity index (χ0) is 11.7. The van der Waals surface area contributed by atoms with E-state index in [4.69, 9.17) is 10.2 Å². The molecule has 1 rings (SSSR count). The molecule has 1 fully saturated rings. The molecule has 0 bridgehead atoms. The number of aliphatic hydroxyl groups excluding tert-OH is 1. The minimum absolute atomic E-state index is 0.185. The molecule has 1 aliphatic rings. The Hall–Kier alpha value is -0.980. The van der Waals surface area contributed by atoms with Gasteiger partial charge in [-0.2, -0.15) is 13.2 Å². The maximum Gasteiger partial charge on any atom is 0.407 e. The lowest BCUT2D eigenvalue weighted by molar-refractivity contribution is -0.247. The van der Waals surface area contributed by atoms with Gasteiger partial charge in [0.25, 0.3) is 0 Å². The summed E-state index contributed by atoms with van der Waals surface area (Å²) in [5, 5.41) is 17.4. The number of hydrogen-bond acceptors (Lipinski definition) is 2. The van der Waals surface area contributed by atoms with Crippen LogP contribution in [0.25, 0.3) is 0 Å². The van der Waals surface area contributed by atoms with E-state index in [2.05, 4.69) is 0 Å². The molecule has 0 atom stereocenters. The zero-order valence-corrected chi connectivity index (χ0v) is 7.92. The van der Waals surface area contributed by atoms with Gasteiger partial charge in [-0.25, -0.2) is 4.79 Å². The standard InChI is InChI=1S/C8H12F3NO3/c9-8(10,11)7(5-13)1-3-12(4-2-7)6(14)15/h13H,1-5H2,(H,14,15). The summed E-state index contributed by atoms with van der Waals surface area (Å²) in [5.74, 6) is 0.